The number of fused-ring (bicyclic) bond motifs is 1. The fourth-order valence-corrected chi connectivity index (χ4v) is 3.55. The van der Waals surface area contributed by atoms with E-state index in [2.05, 4.69) is 16.0 Å². The number of hydrogen-bond donors (Lipinski definition) is 4. The Kier molecular flexibility index (Phi) is 8.52. The maximum absolute atomic E-state index is 13.0. The number of carboxylic acid groups (broad SMARTS) is 1. The SMILES string of the molecule is CC[C@H](C)[C@H](NC(=O)N1CC(=O)Nc2ccccc21)C(=O)N[C@@H](CCSC)C(=O)O. The van der Waals surface area contributed by atoms with Gasteiger partial charge in [0.15, 0.2) is 0 Å². The molecule has 0 aromatic heterocycles. The van der Waals surface area contributed by atoms with Crippen LogP contribution in [0.25, 0.3) is 0 Å². The van der Waals surface area contributed by atoms with Crippen molar-refractivity contribution >= 4 is 47.0 Å². The normalized spacial score (nSPS) is 16.0. The number of carboxylic acids is 1. The first kappa shape index (κ1) is 23.5. The molecule has 164 valence electrons. The van der Waals surface area contributed by atoms with Gasteiger partial charge in [-0.15, -0.1) is 0 Å². The maximum atomic E-state index is 13.0. The molecule has 30 heavy (non-hydrogen) atoms. The fraction of sp³-hybridized carbons (Fsp3) is 0.500. The molecule has 0 bridgehead atoms. The van der Waals surface area contributed by atoms with Gasteiger partial charge >= 0.3 is 12.0 Å². The average Bonchev–Trinajstić information content (AvgIpc) is 2.73. The lowest BCUT2D eigenvalue weighted by Crippen LogP contribution is -2.57. The average molecular weight is 437 g/mol. The molecule has 1 aromatic rings. The van der Waals surface area contributed by atoms with Gasteiger partial charge in [0.2, 0.25) is 11.8 Å². The molecule has 0 unspecified atom stereocenters. The molecule has 4 N–H and O–H groups in total. The van der Waals surface area contributed by atoms with Crippen molar-refractivity contribution in [2.24, 2.45) is 5.92 Å². The van der Waals surface area contributed by atoms with Crippen molar-refractivity contribution < 1.29 is 24.3 Å². The molecule has 10 heteroatoms. The van der Waals surface area contributed by atoms with E-state index in [0.717, 1.165) is 0 Å². The van der Waals surface area contributed by atoms with E-state index >= 15 is 0 Å². The summed E-state index contributed by atoms with van der Waals surface area (Å²) in [5, 5.41) is 17.3. The molecule has 3 atom stereocenters. The molecule has 0 saturated heterocycles. The van der Waals surface area contributed by atoms with Gasteiger partial charge in [-0.05, 0) is 36.5 Å². The Bertz CT molecular complexity index is 803. The topological polar surface area (TPSA) is 128 Å². The Balaban J connectivity index is 2.18. The Labute approximate surface area is 180 Å². The van der Waals surface area contributed by atoms with Gasteiger partial charge in [0.25, 0.3) is 0 Å². The van der Waals surface area contributed by atoms with Crippen molar-refractivity contribution in [3.63, 3.8) is 0 Å². The highest BCUT2D eigenvalue weighted by Crippen LogP contribution is 2.29. The van der Waals surface area contributed by atoms with Gasteiger partial charge in [-0.3, -0.25) is 14.5 Å². The van der Waals surface area contributed by atoms with Gasteiger partial charge in [-0.25, -0.2) is 9.59 Å². The molecule has 1 heterocycles. The lowest BCUT2D eigenvalue weighted by Gasteiger charge is -2.32. The van der Waals surface area contributed by atoms with Crippen molar-refractivity contribution in [2.45, 2.75) is 38.8 Å². The van der Waals surface area contributed by atoms with Crippen LogP contribution in [0.1, 0.15) is 26.7 Å². The zero-order valence-electron chi connectivity index (χ0n) is 17.3. The van der Waals surface area contributed by atoms with Crippen LogP contribution in [0.15, 0.2) is 24.3 Å². The Morgan fingerprint density at radius 3 is 2.60 bits per heavy atom. The summed E-state index contributed by atoms with van der Waals surface area (Å²) < 4.78 is 0. The number of carbonyl (C=O) groups is 4. The third-order valence-corrected chi connectivity index (χ3v) is 5.66. The summed E-state index contributed by atoms with van der Waals surface area (Å²) in [6, 6.07) is 4.33. The predicted octanol–water partition coefficient (Wildman–Crippen LogP) is 1.89. The molecule has 0 spiro atoms. The van der Waals surface area contributed by atoms with Gasteiger partial charge in [-0.2, -0.15) is 11.8 Å². The molecule has 9 nitrogen and oxygen atoms in total. The molecule has 2 rings (SSSR count). The highest BCUT2D eigenvalue weighted by Gasteiger charge is 2.33. The van der Waals surface area contributed by atoms with Crippen LogP contribution in [0.2, 0.25) is 0 Å². The van der Waals surface area contributed by atoms with E-state index in [-0.39, 0.29) is 24.8 Å². The molecule has 1 aliphatic rings. The van der Waals surface area contributed by atoms with Crippen LogP contribution < -0.4 is 20.9 Å². The van der Waals surface area contributed by atoms with Crippen molar-refractivity contribution in [2.75, 3.05) is 28.8 Å². The Morgan fingerprint density at radius 2 is 1.97 bits per heavy atom. The summed E-state index contributed by atoms with van der Waals surface area (Å²) in [6.45, 7) is 3.51. The molecular formula is C20H28N4O5S. The van der Waals surface area contributed by atoms with E-state index in [1.807, 2.05) is 13.2 Å². The summed E-state index contributed by atoms with van der Waals surface area (Å²) in [5.41, 5.74) is 1.04. The summed E-state index contributed by atoms with van der Waals surface area (Å²) in [4.78, 5) is 50.6. The molecular weight excluding hydrogens is 408 g/mol. The van der Waals surface area contributed by atoms with Gasteiger partial charge in [-0.1, -0.05) is 32.4 Å². The third-order valence-electron chi connectivity index (χ3n) is 5.02. The zero-order valence-corrected chi connectivity index (χ0v) is 18.1. The minimum atomic E-state index is -1.12. The van der Waals surface area contributed by atoms with E-state index in [4.69, 9.17) is 0 Å². The summed E-state index contributed by atoms with van der Waals surface area (Å²) >= 11 is 1.49. The van der Waals surface area contributed by atoms with Crippen LogP contribution in [0, 0.1) is 5.92 Å². The highest BCUT2D eigenvalue weighted by atomic mass is 32.2. The van der Waals surface area contributed by atoms with Crippen molar-refractivity contribution in [1.29, 1.82) is 0 Å². The third kappa shape index (κ3) is 5.88. The van der Waals surface area contributed by atoms with E-state index in [1.165, 1.54) is 16.7 Å². The molecule has 4 amide bonds. The second-order valence-electron chi connectivity index (χ2n) is 7.15. The smallest absolute Gasteiger partial charge is 0.326 e. The number of amides is 4. The Hall–Kier alpha value is -2.75. The monoisotopic (exact) mass is 436 g/mol. The summed E-state index contributed by atoms with van der Waals surface area (Å²) in [5.74, 6) is -1.67. The van der Waals surface area contributed by atoms with Gasteiger partial charge in [0.1, 0.15) is 18.6 Å². The van der Waals surface area contributed by atoms with Crippen LogP contribution in [0.4, 0.5) is 16.2 Å². The van der Waals surface area contributed by atoms with Crippen molar-refractivity contribution in [1.82, 2.24) is 10.6 Å². The number of para-hydroxylation sites is 2. The van der Waals surface area contributed by atoms with Crippen molar-refractivity contribution in [3.05, 3.63) is 24.3 Å². The number of thioether (sulfide) groups is 1. The second kappa shape index (κ2) is 10.9. The summed E-state index contributed by atoms with van der Waals surface area (Å²) in [7, 11) is 0. The van der Waals surface area contributed by atoms with Crippen LogP contribution in [0.3, 0.4) is 0 Å². The standard InChI is InChI=1S/C20H28N4O5S/c1-4-12(2)17(18(26)22-14(19(27)28)9-10-30-3)23-20(29)24-11-16(25)21-13-7-5-6-8-15(13)24/h5-8,12,14,17H,4,9-11H2,1-3H3,(H,21,25)(H,22,26)(H,23,29)(H,27,28)/t12-,14-,17-/m0/s1. The van der Waals surface area contributed by atoms with E-state index in [0.29, 0.717) is 23.5 Å². The number of hydrogen-bond acceptors (Lipinski definition) is 5. The molecule has 1 aliphatic heterocycles. The Morgan fingerprint density at radius 1 is 1.27 bits per heavy atom. The molecule has 0 fully saturated rings. The number of nitrogens with one attached hydrogen (secondary N) is 3. The lowest BCUT2D eigenvalue weighted by atomic mass is 9.98. The van der Waals surface area contributed by atoms with E-state index < -0.39 is 30.0 Å². The number of benzene rings is 1. The largest absolute Gasteiger partial charge is 0.480 e. The van der Waals surface area contributed by atoms with Gasteiger partial charge in [0.05, 0.1) is 11.4 Å². The number of carbonyl (C=O) groups excluding carboxylic acids is 3. The first-order valence-electron chi connectivity index (χ1n) is 9.77. The number of nitrogens with zero attached hydrogens (tertiary/aromatic N) is 1. The summed E-state index contributed by atoms with van der Waals surface area (Å²) in [6.07, 6.45) is 2.73. The minimum Gasteiger partial charge on any atom is -0.480 e. The van der Waals surface area contributed by atoms with Gasteiger partial charge < -0.3 is 21.1 Å². The number of anilines is 2. The quantitative estimate of drug-likeness (QED) is 0.468. The fourth-order valence-electron chi connectivity index (χ4n) is 3.08. The van der Waals surface area contributed by atoms with Crippen LogP contribution >= 0.6 is 11.8 Å². The molecule has 1 aromatic carbocycles. The van der Waals surface area contributed by atoms with Crippen LogP contribution in [-0.4, -0.2) is 59.6 Å². The highest BCUT2D eigenvalue weighted by molar-refractivity contribution is 7.98. The van der Waals surface area contributed by atoms with Gasteiger partial charge in [0, 0.05) is 0 Å². The molecule has 0 aliphatic carbocycles. The van der Waals surface area contributed by atoms with Crippen molar-refractivity contribution in [3.8, 4) is 0 Å². The number of aliphatic carboxylic acids is 1. The van der Waals surface area contributed by atoms with E-state index in [9.17, 15) is 24.3 Å². The van der Waals surface area contributed by atoms with Crippen LogP contribution in [0.5, 0.6) is 0 Å². The number of rotatable bonds is 9. The number of urea groups is 1. The molecule has 0 saturated carbocycles. The molecule has 0 radical (unpaired) electrons. The minimum absolute atomic E-state index is 0.177. The van der Waals surface area contributed by atoms with Crippen LogP contribution in [-0.2, 0) is 14.4 Å². The first-order chi connectivity index (χ1) is 14.3. The lowest BCUT2D eigenvalue weighted by molar-refractivity contribution is -0.142. The second-order valence-corrected chi connectivity index (χ2v) is 8.13. The maximum Gasteiger partial charge on any atom is 0.326 e. The van der Waals surface area contributed by atoms with E-state index in [1.54, 1.807) is 31.2 Å². The predicted molar refractivity (Wildman–Crippen MR) is 117 cm³/mol. The zero-order chi connectivity index (χ0) is 22.3. The first-order valence-corrected chi connectivity index (χ1v) is 11.2.